The fraction of sp³-hybridized carbons (Fsp3) is 0.149. The van der Waals surface area contributed by atoms with Crippen LogP contribution in [-0.2, 0) is 5.41 Å². The second kappa shape index (κ2) is 10.1. The lowest BCUT2D eigenvalue weighted by Crippen LogP contribution is -2.15. The topological polar surface area (TPSA) is 20.2 Å². The quantitative estimate of drug-likeness (QED) is 0.204. The molecule has 1 N–H and O–H groups in total. The zero-order valence-corrected chi connectivity index (χ0v) is 27.3. The van der Waals surface area contributed by atoms with Gasteiger partial charge in [-0.15, -0.1) is 0 Å². The van der Waals surface area contributed by atoms with Crippen LogP contribution in [0.3, 0.4) is 0 Å². The molecule has 1 unspecified atom stereocenters. The number of aliphatic hydroxyl groups excluding tert-OH is 1. The Kier molecular flexibility index (Phi) is 5.87. The van der Waals surface area contributed by atoms with E-state index in [-0.39, 0.29) is 12.0 Å². The van der Waals surface area contributed by atoms with Gasteiger partial charge in [-0.3, -0.25) is 0 Å². The zero-order valence-electron chi connectivity index (χ0n) is 27.3. The van der Waals surface area contributed by atoms with Crippen LogP contribution in [0.15, 0.2) is 133 Å². The normalized spacial score (nSPS) is 15.6. The molecular weight excluding hydrogens is 581 g/mol. The molecule has 0 aliphatic heterocycles. The van der Waals surface area contributed by atoms with Gasteiger partial charge in [-0.1, -0.05) is 129 Å². The van der Waals surface area contributed by atoms with Gasteiger partial charge in [0.15, 0.2) is 0 Å². The molecule has 0 fully saturated rings. The van der Waals surface area contributed by atoms with E-state index < -0.39 is 0 Å². The first-order valence-electron chi connectivity index (χ1n) is 17.3. The summed E-state index contributed by atoms with van der Waals surface area (Å²) in [6, 6.07) is 50.3. The molecule has 0 saturated carbocycles. The van der Waals surface area contributed by atoms with Crippen molar-refractivity contribution in [3.8, 4) is 66.8 Å². The smallest absolute Gasteiger partial charge is 0.0431 e. The summed E-state index contributed by atoms with van der Waals surface area (Å²) in [5.41, 5.74) is 21.3. The van der Waals surface area contributed by atoms with Crippen molar-refractivity contribution < 1.29 is 5.11 Å². The van der Waals surface area contributed by atoms with Crippen molar-refractivity contribution in [2.75, 3.05) is 6.61 Å². The van der Waals surface area contributed by atoms with E-state index in [0.29, 0.717) is 5.92 Å². The van der Waals surface area contributed by atoms with E-state index in [0.717, 1.165) is 12.8 Å². The fourth-order valence-corrected chi connectivity index (χ4v) is 9.24. The predicted molar refractivity (Wildman–Crippen MR) is 200 cm³/mol. The fourth-order valence-electron chi connectivity index (χ4n) is 9.24. The van der Waals surface area contributed by atoms with Crippen molar-refractivity contribution in [3.63, 3.8) is 0 Å². The van der Waals surface area contributed by atoms with E-state index in [9.17, 15) is 5.11 Å². The summed E-state index contributed by atoms with van der Waals surface area (Å²) in [4.78, 5) is 0. The Hall–Kier alpha value is -5.24. The van der Waals surface area contributed by atoms with E-state index in [2.05, 4.69) is 147 Å². The summed E-state index contributed by atoms with van der Waals surface area (Å²) in [6.45, 7) is 5.01. The van der Waals surface area contributed by atoms with Crippen molar-refractivity contribution in [3.05, 3.63) is 156 Å². The molecule has 48 heavy (non-hydrogen) atoms. The first-order chi connectivity index (χ1) is 23.5. The Morgan fingerprint density at radius 1 is 0.479 bits per heavy atom. The number of fused-ring (bicyclic) bond motifs is 9. The van der Waals surface area contributed by atoms with Crippen LogP contribution in [-0.4, -0.2) is 11.7 Å². The molecule has 0 bridgehead atoms. The molecule has 7 aromatic rings. The van der Waals surface area contributed by atoms with Gasteiger partial charge >= 0.3 is 0 Å². The van der Waals surface area contributed by atoms with Gasteiger partial charge in [-0.05, 0) is 131 Å². The lowest BCUT2D eigenvalue weighted by atomic mass is 9.80. The lowest BCUT2D eigenvalue weighted by Gasteiger charge is -2.23. The monoisotopic (exact) mass is 616 g/mol. The molecule has 3 aliphatic carbocycles. The van der Waals surface area contributed by atoms with E-state index in [4.69, 9.17) is 0 Å². The third-order valence-electron chi connectivity index (χ3n) is 11.6. The van der Waals surface area contributed by atoms with Gasteiger partial charge < -0.3 is 5.11 Å². The first kappa shape index (κ1) is 27.8. The molecule has 0 radical (unpaired) electrons. The summed E-state index contributed by atoms with van der Waals surface area (Å²) >= 11 is 0. The summed E-state index contributed by atoms with van der Waals surface area (Å²) in [5, 5.41) is 12.4. The van der Waals surface area contributed by atoms with E-state index >= 15 is 0 Å². The highest BCUT2D eigenvalue weighted by Gasteiger charge is 2.36. The largest absolute Gasteiger partial charge is 0.396 e. The molecule has 0 aromatic heterocycles. The Bertz CT molecular complexity index is 2450. The number of hydrogen-bond donors (Lipinski definition) is 1. The van der Waals surface area contributed by atoms with E-state index in [1.165, 1.54) is 99.8 Å². The second-order valence-corrected chi connectivity index (χ2v) is 14.4. The molecule has 1 atom stereocenters. The zero-order chi connectivity index (χ0) is 32.1. The van der Waals surface area contributed by atoms with E-state index in [1.54, 1.807) is 0 Å². The first-order valence-corrected chi connectivity index (χ1v) is 17.3. The highest BCUT2D eigenvalue weighted by atomic mass is 16.2. The van der Waals surface area contributed by atoms with Crippen LogP contribution in [0.1, 0.15) is 54.9 Å². The van der Waals surface area contributed by atoms with Gasteiger partial charge in [0.1, 0.15) is 0 Å². The molecule has 230 valence electrons. The van der Waals surface area contributed by atoms with Gasteiger partial charge in [0.2, 0.25) is 0 Å². The SMILES string of the molecule is CC1(C)c2cc(-c3ccc4c(c3)C(CCCO)c3ccccc3-4)ccc2-c2ccc(-c3ccc4c5c(cccc35)-c3ccccc3-4)cc21. The highest BCUT2D eigenvalue weighted by Crippen LogP contribution is 2.53. The Labute approximate surface area is 282 Å². The van der Waals surface area contributed by atoms with Crippen LogP contribution in [0.4, 0.5) is 0 Å². The van der Waals surface area contributed by atoms with E-state index in [1.807, 2.05) is 0 Å². The standard InChI is InChI=1S/C47H36O/c1-47(2)44-26-29(28-16-19-37-33-10-4-3-9-32(33)36(15-8-24-48)43(37)25-28)17-20-38(44)39-21-18-30(27-45(39)47)31-22-23-42-35-12-6-5-11-34(35)41-14-7-13-40(31)46(41)42/h3-7,9-14,16-23,25-27,36,48H,8,15,24H2,1-2H3. The molecule has 0 spiro atoms. The van der Waals surface area contributed by atoms with Crippen LogP contribution in [0.2, 0.25) is 0 Å². The lowest BCUT2D eigenvalue weighted by molar-refractivity contribution is 0.282. The molecule has 10 rings (SSSR count). The van der Waals surface area contributed by atoms with Crippen LogP contribution in [0.25, 0.3) is 77.5 Å². The molecular formula is C47H36O. The third kappa shape index (κ3) is 3.77. The Morgan fingerprint density at radius 3 is 1.77 bits per heavy atom. The number of rotatable bonds is 5. The van der Waals surface area contributed by atoms with Crippen LogP contribution in [0.5, 0.6) is 0 Å². The van der Waals surface area contributed by atoms with Gasteiger partial charge in [-0.2, -0.15) is 0 Å². The number of aliphatic hydroxyl groups is 1. The number of benzene rings is 7. The summed E-state index contributed by atoms with van der Waals surface area (Å²) in [5.74, 6) is 0.330. The maximum absolute atomic E-state index is 9.65. The maximum atomic E-state index is 9.65. The molecule has 0 heterocycles. The van der Waals surface area contributed by atoms with Gasteiger partial charge in [0.25, 0.3) is 0 Å². The van der Waals surface area contributed by atoms with Crippen molar-refractivity contribution >= 4 is 10.8 Å². The van der Waals surface area contributed by atoms with Crippen LogP contribution >= 0.6 is 0 Å². The average Bonchev–Trinajstić information content (AvgIpc) is 3.71. The van der Waals surface area contributed by atoms with Crippen molar-refractivity contribution in [2.24, 2.45) is 0 Å². The maximum Gasteiger partial charge on any atom is 0.0431 e. The second-order valence-electron chi connectivity index (χ2n) is 14.4. The minimum atomic E-state index is -0.127. The molecule has 1 nitrogen and oxygen atoms in total. The minimum Gasteiger partial charge on any atom is -0.396 e. The van der Waals surface area contributed by atoms with Crippen LogP contribution in [0, 0.1) is 0 Å². The molecule has 3 aliphatic rings. The summed E-state index contributed by atoms with van der Waals surface area (Å²) in [6.07, 6.45) is 1.77. The predicted octanol–water partition coefficient (Wildman–Crippen LogP) is 12.0. The highest BCUT2D eigenvalue weighted by molar-refractivity contribution is 6.18. The Balaban J connectivity index is 1.05. The van der Waals surface area contributed by atoms with Crippen molar-refractivity contribution in [1.29, 1.82) is 0 Å². The molecule has 0 saturated heterocycles. The average molecular weight is 617 g/mol. The molecule has 1 heteroatoms. The molecule has 7 aromatic carbocycles. The van der Waals surface area contributed by atoms with Crippen molar-refractivity contribution in [2.45, 2.75) is 38.0 Å². The Morgan fingerprint density at radius 2 is 1.02 bits per heavy atom. The number of hydrogen-bond acceptors (Lipinski definition) is 1. The van der Waals surface area contributed by atoms with Crippen molar-refractivity contribution in [1.82, 2.24) is 0 Å². The summed E-state index contributed by atoms with van der Waals surface area (Å²) in [7, 11) is 0. The summed E-state index contributed by atoms with van der Waals surface area (Å²) < 4.78 is 0. The molecule has 0 amide bonds. The minimum absolute atomic E-state index is 0.127. The van der Waals surface area contributed by atoms with Gasteiger partial charge in [0, 0.05) is 17.9 Å². The van der Waals surface area contributed by atoms with Gasteiger partial charge in [0.05, 0.1) is 0 Å². The van der Waals surface area contributed by atoms with Crippen LogP contribution < -0.4 is 0 Å². The third-order valence-corrected chi connectivity index (χ3v) is 11.6. The van der Waals surface area contributed by atoms with Gasteiger partial charge in [-0.25, -0.2) is 0 Å².